The Hall–Kier alpha value is -3.39. The summed E-state index contributed by atoms with van der Waals surface area (Å²) in [4.78, 5) is 32.9. The van der Waals surface area contributed by atoms with E-state index >= 15 is 0 Å². The Labute approximate surface area is 192 Å². The molecule has 5 rings (SSSR count). The van der Waals surface area contributed by atoms with Crippen LogP contribution in [-0.2, 0) is 19.4 Å². The zero-order valence-corrected chi connectivity index (χ0v) is 19.1. The van der Waals surface area contributed by atoms with Gasteiger partial charge in [-0.05, 0) is 43.9 Å². The molecule has 2 aliphatic rings. The van der Waals surface area contributed by atoms with E-state index in [1.54, 1.807) is 6.20 Å². The van der Waals surface area contributed by atoms with Crippen LogP contribution in [0.1, 0.15) is 35.3 Å². The third-order valence-electron chi connectivity index (χ3n) is 6.83. The lowest BCUT2D eigenvalue weighted by molar-refractivity contribution is 0.0999. The fourth-order valence-electron chi connectivity index (χ4n) is 5.26. The van der Waals surface area contributed by atoms with Gasteiger partial charge in [-0.15, -0.1) is 0 Å². The van der Waals surface area contributed by atoms with Gasteiger partial charge < -0.3 is 25.8 Å². The molecule has 0 spiro atoms. The lowest BCUT2D eigenvalue weighted by Crippen LogP contribution is -2.52. The number of nitrogens with one attached hydrogen (secondary N) is 2. The number of primary amides is 1. The van der Waals surface area contributed by atoms with E-state index in [4.69, 9.17) is 10.7 Å². The monoisotopic (exact) mass is 446 g/mol. The van der Waals surface area contributed by atoms with E-state index in [2.05, 4.69) is 46.7 Å². The topological polar surface area (TPSA) is 105 Å². The minimum Gasteiger partial charge on any atom is -0.380 e. The second kappa shape index (κ2) is 8.51. The Morgan fingerprint density at radius 1 is 1.27 bits per heavy atom. The van der Waals surface area contributed by atoms with Crippen molar-refractivity contribution in [1.29, 1.82) is 0 Å². The molecule has 1 fully saturated rings. The highest BCUT2D eigenvalue weighted by Crippen LogP contribution is 2.28. The van der Waals surface area contributed by atoms with Crippen molar-refractivity contribution in [2.45, 2.75) is 45.3 Å². The first-order valence-corrected chi connectivity index (χ1v) is 11.6. The fourth-order valence-corrected chi connectivity index (χ4v) is 5.26. The van der Waals surface area contributed by atoms with Gasteiger partial charge in [0.1, 0.15) is 17.0 Å². The third-order valence-corrected chi connectivity index (χ3v) is 6.83. The Balaban J connectivity index is 1.58. The quantitative estimate of drug-likeness (QED) is 0.553. The van der Waals surface area contributed by atoms with Gasteiger partial charge in [0.25, 0.3) is 5.91 Å². The molecule has 172 valence electrons. The normalized spacial score (nSPS) is 18.5. The predicted molar refractivity (Wildman–Crippen MR) is 131 cm³/mol. The van der Waals surface area contributed by atoms with E-state index in [0.717, 1.165) is 31.6 Å². The van der Waals surface area contributed by atoms with Gasteiger partial charge in [-0.3, -0.25) is 9.59 Å². The number of benzene rings is 1. The van der Waals surface area contributed by atoms with Crippen molar-refractivity contribution in [1.82, 2.24) is 14.9 Å². The number of nitrogens with two attached hydrogens (primary N) is 1. The van der Waals surface area contributed by atoms with Crippen LogP contribution in [0.2, 0.25) is 0 Å². The Morgan fingerprint density at radius 2 is 2.00 bits per heavy atom. The number of carbonyl (C=O) groups is 1. The molecule has 3 heterocycles. The molecule has 0 bridgehead atoms. The number of pyridine rings is 2. The van der Waals surface area contributed by atoms with Crippen molar-refractivity contribution in [2.75, 3.05) is 29.9 Å². The maximum absolute atomic E-state index is 13.6. The van der Waals surface area contributed by atoms with Crippen LogP contribution < -0.4 is 26.7 Å². The molecule has 0 radical (unpaired) electrons. The highest BCUT2D eigenvalue weighted by Gasteiger charge is 2.29. The molecule has 2 aromatic heterocycles. The number of amides is 1. The van der Waals surface area contributed by atoms with Crippen LogP contribution in [0.5, 0.6) is 0 Å². The van der Waals surface area contributed by atoms with E-state index < -0.39 is 5.91 Å². The number of hydrogen-bond donors (Lipinski definition) is 3. The molecule has 8 nitrogen and oxygen atoms in total. The van der Waals surface area contributed by atoms with Gasteiger partial charge in [-0.1, -0.05) is 24.3 Å². The summed E-state index contributed by atoms with van der Waals surface area (Å²) < 4.78 is 1.95. The summed E-state index contributed by atoms with van der Waals surface area (Å²) >= 11 is 0. The van der Waals surface area contributed by atoms with Crippen molar-refractivity contribution in [3.63, 3.8) is 0 Å². The average Bonchev–Trinajstić information content (AvgIpc) is 3.21. The average molecular weight is 447 g/mol. The van der Waals surface area contributed by atoms with Crippen molar-refractivity contribution in [3.05, 3.63) is 63.4 Å². The van der Waals surface area contributed by atoms with Gasteiger partial charge in [0.05, 0.1) is 17.3 Å². The lowest BCUT2D eigenvalue weighted by atomic mass is 10.1. The molecule has 1 atom stereocenters. The van der Waals surface area contributed by atoms with E-state index in [-0.39, 0.29) is 23.1 Å². The molecule has 1 saturated heterocycles. The van der Waals surface area contributed by atoms with Gasteiger partial charge in [0.2, 0.25) is 5.43 Å². The molecule has 0 saturated carbocycles. The standard InChI is InChI=1S/C25H30N6O2/c1-3-30-24-20(22(32)21(23(26)33)25(30)31-9-8-27-13-15(31)2)12-19(14-28-24)29-18-10-16-6-4-5-7-17(16)11-18/h4-7,12,14-15,18,27,29H,3,8-11,13H2,1-2H3,(H2,26,33). The number of carbonyl (C=O) groups excluding carboxylic acids is 1. The summed E-state index contributed by atoms with van der Waals surface area (Å²) in [5.74, 6) is -0.120. The highest BCUT2D eigenvalue weighted by molar-refractivity contribution is 6.01. The van der Waals surface area contributed by atoms with Crippen molar-refractivity contribution in [2.24, 2.45) is 5.73 Å². The Bertz CT molecular complexity index is 1260. The number of piperazine rings is 1. The van der Waals surface area contributed by atoms with Crippen LogP contribution in [0.4, 0.5) is 11.5 Å². The molecule has 1 aliphatic carbocycles. The van der Waals surface area contributed by atoms with Gasteiger partial charge in [-0.2, -0.15) is 0 Å². The summed E-state index contributed by atoms with van der Waals surface area (Å²) in [6.45, 7) is 6.88. The largest absolute Gasteiger partial charge is 0.380 e. The summed E-state index contributed by atoms with van der Waals surface area (Å²) in [6.07, 6.45) is 3.64. The highest BCUT2D eigenvalue weighted by atomic mass is 16.2. The van der Waals surface area contributed by atoms with E-state index in [0.29, 0.717) is 29.9 Å². The van der Waals surface area contributed by atoms with Crippen LogP contribution in [0.25, 0.3) is 11.0 Å². The zero-order valence-electron chi connectivity index (χ0n) is 19.1. The first-order valence-electron chi connectivity index (χ1n) is 11.6. The van der Waals surface area contributed by atoms with E-state index in [1.807, 2.05) is 17.6 Å². The Kier molecular flexibility index (Phi) is 5.54. The SMILES string of the molecule is CCn1c(N2CCNCC2C)c(C(N)=O)c(=O)c2cc(NC3Cc4ccccc4C3)cnc21. The van der Waals surface area contributed by atoms with Gasteiger partial charge in [-0.25, -0.2) is 4.98 Å². The molecule has 1 amide bonds. The van der Waals surface area contributed by atoms with Gasteiger partial charge in [0, 0.05) is 38.3 Å². The number of hydrogen-bond acceptors (Lipinski definition) is 6. The third kappa shape index (κ3) is 3.74. The second-order valence-electron chi connectivity index (χ2n) is 9.00. The first kappa shape index (κ1) is 21.5. The second-order valence-corrected chi connectivity index (χ2v) is 9.00. The molecule has 4 N–H and O–H groups in total. The number of rotatable bonds is 5. The van der Waals surface area contributed by atoms with Crippen LogP contribution in [-0.4, -0.2) is 47.2 Å². The Morgan fingerprint density at radius 3 is 2.64 bits per heavy atom. The number of aromatic nitrogens is 2. The molecular weight excluding hydrogens is 416 g/mol. The maximum Gasteiger partial charge on any atom is 0.256 e. The van der Waals surface area contributed by atoms with Crippen LogP contribution in [0.15, 0.2) is 41.3 Å². The number of anilines is 2. The van der Waals surface area contributed by atoms with Crippen LogP contribution in [0.3, 0.4) is 0 Å². The molecule has 1 aliphatic heterocycles. The maximum atomic E-state index is 13.6. The minimum atomic E-state index is -0.700. The number of fused-ring (bicyclic) bond motifs is 2. The zero-order chi connectivity index (χ0) is 23.1. The summed E-state index contributed by atoms with van der Waals surface area (Å²) in [5.41, 5.74) is 9.52. The summed E-state index contributed by atoms with van der Waals surface area (Å²) in [6, 6.07) is 10.6. The molecule has 8 heteroatoms. The van der Waals surface area contributed by atoms with E-state index in [1.165, 1.54) is 11.1 Å². The molecule has 1 aromatic carbocycles. The predicted octanol–water partition coefficient (Wildman–Crippen LogP) is 1.89. The first-order chi connectivity index (χ1) is 16.0. The minimum absolute atomic E-state index is 0.0466. The van der Waals surface area contributed by atoms with Gasteiger partial charge >= 0.3 is 0 Å². The molecular formula is C25H30N6O2. The molecule has 3 aromatic rings. The van der Waals surface area contributed by atoms with Crippen molar-refractivity contribution >= 4 is 28.4 Å². The van der Waals surface area contributed by atoms with Crippen molar-refractivity contribution in [3.8, 4) is 0 Å². The van der Waals surface area contributed by atoms with Crippen molar-refractivity contribution < 1.29 is 4.79 Å². The van der Waals surface area contributed by atoms with Crippen LogP contribution in [0, 0.1) is 0 Å². The molecule has 1 unspecified atom stereocenters. The fraction of sp³-hybridized carbons (Fsp3) is 0.400. The van der Waals surface area contributed by atoms with Gasteiger partial charge in [0.15, 0.2) is 0 Å². The molecule has 33 heavy (non-hydrogen) atoms. The lowest BCUT2D eigenvalue weighted by Gasteiger charge is -2.38. The summed E-state index contributed by atoms with van der Waals surface area (Å²) in [7, 11) is 0. The smallest absolute Gasteiger partial charge is 0.256 e. The number of aryl methyl sites for hydroxylation is 1. The number of nitrogens with zero attached hydrogens (tertiary/aromatic N) is 3. The summed E-state index contributed by atoms with van der Waals surface area (Å²) in [5, 5.41) is 7.30. The van der Waals surface area contributed by atoms with E-state index in [9.17, 15) is 9.59 Å². The van der Waals surface area contributed by atoms with Crippen LogP contribution >= 0.6 is 0 Å².